The minimum Gasteiger partial charge on any atom is -0.481 e. The van der Waals surface area contributed by atoms with Crippen molar-refractivity contribution in [1.82, 2.24) is 5.32 Å². The van der Waals surface area contributed by atoms with Crippen molar-refractivity contribution in [2.24, 2.45) is 0 Å². The number of sulfone groups is 1. The molecule has 0 aliphatic heterocycles. The van der Waals surface area contributed by atoms with Crippen LogP contribution in [0.25, 0.3) is 0 Å². The van der Waals surface area contributed by atoms with E-state index in [-0.39, 0.29) is 16.8 Å². The SMILES string of the molecule is CCc1ccccc1O[C@H](C)C(=O)N[C@H](CC)c1ccc(S(C)(=O)=O)cc1. The van der Waals surface area contributed by atoms with E-state index in [2.05, 4.69) is 5.32 Å². The van der Waals surface area contributed by atoms with Gasteiger partial charge in [0.05, 0.1) is 10.9 Å². The highest BCUT2D eigenvalue weighted by molar-refractivity contribution is 7.90. The van der Waals surface area contributed by atoms with E-state index in [0.717, 1.165) is 17.5 Å². The van der Waals surface area contributed by atoms with Crippen molar-refractivity contribution in [2.45, 2.75) is 50.7 Å². The van der Waals surface area contributed by atoms with Crippen molar-refractivity contribution >= 4 is 15.7 Å². The first-order chi connectivity index (χ1) is 12.8. The largest absolute Gasteiger partial charge is 0.481 e. The maximum Gasteiger partial charge on any atom is 0.261 e. The van der Waals surface area contributed by atoms with Crippen LogP contribution in [-0.2, 0) is 21.1 Å². The van der Waals surface area contributed by atoms with Crippen LogP contribution in [0, 0.1) is 0 Å². The molecule has 0 saturated heterocycles. The Labute approximate surface area is 161 Å². The molecular weight excluding hydrogens is 362 g/mol. The summed E-state index contributed by atoms with van der Waals surface area (Å²) in [5.74, 6) is 0.508. The minimum absolute atomic E-state index is 0.208. The maximum atomic E-state index is 12.6. The van der Waals surface area contributed by atoms with Gasteiger partial charge in [-0.3, -0.25) is 4.79 Å². The van der Waals surface area contributed by atoms with E-state index in [9.17, 15) is 13.2 Å². The lowest BCUT2D eigenvalue weighted by molar-refractivity contribution is -0.128. The molecule has 2 aromatic rings. The van der Waals surface area contributed by atoms with E-state index in [1.54, 1.807) is 31.2 Å². The third-order valence-corrected chi connectivity index (χ3v) is 5.59. The van der Waals surface area contributed by atoms with Crippen molar-refractivity contribution in [2.75, 3.05) is 6.26 Å². The van der Waals surface area contributed by atoms with Gasteiger partial charge in [-0.15, -0.1) is 0 Å². The van der Waals surface area contributed by atoms with Gasteiger partial charge in [-0.25, -0.2) is 8.42 Å². The topological polar surface area (TPSA) is 72.5 Å². The highest BCUT2D eigenvalue weighted by Crippen LogP contribution is 2.22. The van der Waals surface area contributed by atoms with Gasteiger partial charge in [0.15, 0.2) is 15.9 Å². The summed E-state index contributed by atoms with van der Waals surface area (Å²) >= 11 is 0. The molecule has 0 aliphatic carbocycles. The molecule has 0 radical (unpaired) electrons. The molecule has 6 heteroatoms. The third-order valence-electron chi connectivity index (χ3n) is 4.46. The summed E-state index contributed by atoms with van der Waals surface area (Å²) in [5, 5.41) is 2.99. The highest BCUT2D eigenvalue weighted by Gasteiger charge is 2.20. The summed E-state index contributed by atoms with van der Waals surface area (Å²) in [6, 6.07) is 14.1. The fourth-order valence-electron chi connectivity index (χ4n) is 2.81. The number of amides is 1. The monoisotopic (exact) mass is 389 g/mol. The van der Waals surface area contributed by atoms with Crippen LogP contribution in [0.1, 0.15) is 44.4 Å². The van der Waals surface area contributed by atoms with E-state index in [1.807, 2.05) is 38.1 Å². The zero-order chi connectivity index (χ0) is 20.0. The molecule has 0 unspecified atom stereocenters. The molecule has 2 atom stereocenters. The van der Waals surface area contributed by atoms with Crippen molar-refractivity contribution in [3.8, 4) is 5.75 Å². The number of hydrogen-bond donors (Lipinski definition) is 1. The van der Waals surface area contributed by atoms with E-state index in [1.165, 1.54) is 6.26 Å². The summed E-state index contributed by atoms with van der Waals surface area (Å²) in [6.45, 7) is 5.73. The number of rotatable bonds is 8. The quantitative estimate of drug-likeness (QED) is 0.747. The number of para-hydroxylation sites is 1. The van der Waals surface area contributed by atoms with Gasteiger partial charge >= 0.3 is 0 Å². The lowest BCUT2D eigenvalue weighted by atomic mass is 10.0. The Balaban J connectivity index is 2.07. The summed E-state index contributed by atoms with van der Waals surface area (Å²) in [7, 11) is -3.24. The molecule has 0 aliphatic rings. The van der Waals surface area contributed by atoms with Crippen LogP contribution in [0.5, 0.6) is 5.75 Å². The Kier molecular flexibility index (Phi) is 7.02. The van der Waals surface area contributed by atoms with Crippen molar-refractivity contribution in [1.29, 1.82) is 0 Å². The van der Waals surface area contributed by atoms with Crippen LogP contribution in [0.15, 0.2) is 53.4 Å². The van der Waals surface area contributed by atoms with Gasteiger partial charge in [0.1, 0.15) is 5.75 Å². The second kappa shape index (κ2) is 9.04. The smallest absolute Gasteiger partial charge is 0.261 e. The van der Waals surface area contributed by atoms with E-state index in [4.69, 9.17) is 4.74 Å². The molecule has 2 rings (SSSR count). The van der Waals surface area contributed by atoms with Crippen LogP contribution in [-0.4, -0.2) is 26.7 Å². The predicted molar refractivity (Wildman–Crippen MR) is 107 cm³/mol. The van der Waals surface area contributed by atoms with Crippen LogP contribution < -0.4 is 10.1 Å². The molecule has 1 amide bonds. The van der Waals surface area contributed by atoms with Crippen molar-refractivity contribution in [3.05, 3.63) is 59.7 Å². The Morgan fingerprint density at radius 2 is 1.70 bits per heavy atom. The first-order valence-electron chi connectivity index (χ1n) is 9.11. The number of carbonyl (C=O) groups excluding carboxylic acids is 1. The summed E-state index contributed by atoms with van der Waals surface area (Å²) in [4.78, 5) is 12.8. The van der Waals surface area contributed by atoms with Gasteiger partial charge in [-0.1, -0.05) is 44.2 Å². The van der Waals surface area contributed by atoms with E-state index in [0.29, 0.717) is 12.2 Å². The predicted octanol–water partition coefficient (Wildman–Crippen LogP) is 3.69. The molecule has 0 aromatic heterocycles. The van der Waals surface area contributed by atoms with Gasteiger partial charge in [0.2, 0.25) is 0 Å². The summed E-state index contributed by atoms with van der Waals surface area (Å²) in [5.41, 5.74) is 1.92. The Morgan fingerprint density at radius 1 is 1.07 bits per heavy atom. The first-order valence-corrected chi connectivity index (χ1v) is 11.0. The molecule has 5 nitrogen and oxygen atoms in total. The van der Waals surface area contributed by atoms with Crippen molar-refractivity contribution < 1.29 is 17.9 Å². The van der Waals surface area contributed by atoms with E-state index < -0.39 is 15.9 Å². The molecule has 27 heavy (non-hydrogen) atoms. The van der Waals surface area contributed by atoms with Gasteiger partial charge in [-0.05, 0) is 49.1 Å². The van der Waals surface area contributed by atoms with Crippen LogP contribution >= 0.6 is 0 Å². The van der Waals surface area contributed by atoms with Crippen LogP contribution in [0.4, 0.5) is 0 Å². The molecule has 1 N–H and O–H groups in total. The third kappa shape index (κ3) is 5.57. The Morgan fingerprint density at radius 3 is 2.26 bits per heavy atom. The van der Waals surface area contributed by atoms with Gasteiger partial charge in [0, 0.05) is 6.26 Å². The second-order valence-electron chi connectivity index (χ2n) is 6.53. The zero-order valence-electron chi connectivity index (χ0n) is 16.2. The molecule has 0 saturated carbocycles. The highest BCUT2D eigenvalue weighted by atomic mass is 32.2. The first kappa shape index (κ1) is 21.0. The molecule has 0 spiro atoms. The molecular formula is C21H27NO4S. The van der Waals surface area contributed by atoms with Crippen LogP contribution in [0.3, 0.4) is 0 Å². The molecule has 0 bridgehead atoms. The normalized spacial score (nSPS) is 13.6. The fraction of sp³-hybridized carbons (Fsp3) is 0.381. The summed E-state index contributed by atoms with van der Waals surface area (Å²) in [6.07, 6.45) is 2.05. The number of aryl methyl sites for hydroxylation is 1. The summed E-state index contributed by atoms with van der Waals surface area (Å²) < 4.78 is 29.0. The lowest BCUT2D eigenvalue weighted by Gasteiger charge is -2.22. The molecule has 2 aromatic carbocycles. The van der Waals surface area contributed by atoms with E-state index >= 15 is 0 Å². The Hall–Kier alpha value is -2.34. The van der Waals surface area contributed by atoms with Gasteiger partial charge in [-0.2, -0.15) is 0 Å². The molecule has 0 fully saturated rings. The molecule has 0 heterocycles. The second-order valence-corrected chi connectivity index (χ2v) is 8.55. The fourth-order valence-corrected chi connectivity index (χ4v) is 3.44. The number of benzene rings is 2. The number of nitrogens with one attached hydrogen (secondary N) is 1. The average molecular weight is 390 g/mol. The minimum atomic E-state index is -3.24. The number of ether oxygens (including phenoxy) is 1. The number of hydrogen-bond acceptors (Lipinski definition) is 4. The standard InChI is InChI=1S/C21H27NO4S/c1-5-16-9-7-8-10-20(16)26-15(3)21(23)22-19(6-2)17-11-13-18(14-12-17)27(4,24)25/h7-15,19H,5-6H2,1-4H3,(H,22,23)/t15-,19-/m1/s1. The van der Waals surface area contributed by atoms with Gasteiger partial charge in [0.25, 0.3) is 5.91 Å². The van der Waals surface area contributed by atoms with Gasteiger partial charge < -0.3 is 10.1 Å². The van der Waals surface area contributed by atoms with Crippen molar-refractivity contribution in [3.63, 3.8) is 0 Å². The lowest BCUT2D eigenvalue weighted by Crippen LogP contribution is -2.38. The zero-order valence-corrected chi connectivity index (χ0v) is 17.0. The maximum absolute atomic E-state index is 12.6. The molecule has 146 valence electrons. The van der Waals surface area contributed by atoms with Crippen LogP contribution in [0.2, 0.25) is 0 Å². The average Bonchev–Trinajstić information content (AvgIpc) is 2.65. The number of carbonyl (C=O) groups is 1. The Bertz CT molecular complexity index is 875.